The van der Waals surface area contributed by atoms with Gasteiger partial charge >= 0.3 is 5.97 Å². The molecule has 170 valence electrons. The van der Waals surface area contributed by atoms with Crippen molar-refractivity contribution in [3.8, 4) is 0 Å². The zero-order chi connectivity index (χ0) is 23.6. The Morgan fingerprint density at radius 3 is 1.13 bits per heavy atom. The molecule has 0 fully saturated rings. The smallest absolute Gasteiger partial charge is 0.325 e. The van der Waals surface area contributed by atoms with E-state index >= 15 is 0 Å². The summed E-state index contributed by atoms with van der Waals surface area (Å²) >= 11 is 0. The summed E-state index contributed by atoms with van der Waals surface area (Å²) in [6.07, 6.45) is 0. The maximum atomic E-state index is 12.2. The predicted octanol–water partition coefficient (Wildman–Crippen LogP) is -3.45. The molecule has 0 aromatic carbocycles. The molecule has 0 rings (SSSR count). The second-order valence-electron chi connectivity index (χ2n) is 6.75. The number of carboxylic acid groups (broad SMARTS) is 1. The molecule has 0 saturated heterocycles. The van der Waals surface area contributed by atoms with Crippen LogP contribution in [0.1, 0.15) is 34.6 Å². The van der Waals surface area contributed by atoms with Crippen molar-refractivity contribution in [1.82, 2.24) is 26.6 Å². The third kappa shape index (κ3) is 9.32. The second kappa shape index (κ2) is 12.4. The normalized spacial score (nSPS) is 15.4. The van der Waals surface area contributed by atoms with Crippen molar-refractivity contribution in [2.45, 2.75) is 64.8 Å². The fraction of sp³-hybridized carbons (Fsp3) is 0.647. The third-order valence-electron chi connectivity index (χ3n) is 3.94. The molecule has 0 aliphatic heterocycles. The minimum absolute atomic E-state index is 0.286. The van der Waals surface area contributed by atoms with Crippen molar-refractivity contribution in [2.75, 3.05) is 6.54 Å². The number of carboxylic acids is 1. The molecular formula is C17H30N6O7. The van der Waals surface area contributed by atoms with Gasteiger partial charge in [-0.05, 0) is 34.6 Å². The lowest BCUT2D eigenvalue weighted by Gasteiger charge is -2.22. The molecular weight excluding hydrogens is 400 g/mol. The minimum Gasteiger partial charge on any atom is -0.480 e. The fourth-order valence-corrected chi connectivity index (χ4v) is 1.98. The SMILES string of the molecule is C[C@H](NC(=O)[C@H](C)NC(=O)[C@H](C)NC(=O)[C@H](C)NC(=O)[C@H](C)NC(=O)CN)C(=O)O. The Morgan fingerprint density at radius 1 is 0.600 bits per heavy atom. The topological polar surface area (TPSA) is 209 Å². The second-order valence-corrected chi connectivity index (χ2v) is 6.75. The Labute approximate surface area is 173 Å². The summed E-state index contributed by atoms with van der Waals surface area (Å²) in [5.41, 5.74) is 5.15. The molecule has 5 amide bonds. The average molecular weight is 430 g/mol. The van der Waals surface area contributed by atoms with Gasteiger partial charge in [-0.1, -0.05) is 0 Å². The van der Waals surface area contributed by atoms with Crippen molar-refractivity contribution in [1.29, 1.82) is 0 Å². The minimum atomic E-state index is -1.23. The summed E-state index contributed by atoms with van der Waals surface area (Å²) in [7, 11) is 0. The molecule has 30 heavy (non-hydrogen) atoms. The lowest BCUT2D eigenvalue weighted by atomic mass is 10.2. The summed E-state index contributed by atoms with van der Waals surface area (Å²) in [6.45, 7) is 6.52. The van der Waals surface area contributed by atoms with Crippen LogP contribution < -0.4 is 32.3 Å². The number of nitrogens with two attached hydrogens (primary N) is 1. The summed E-state index contributed by atoms with van der Waals surface area (Å²) in [6, 6.07) is -5.14. The zero-order valence-corrected chi connectivity index (χ0v) is 17.6. The Kier molecular flexibility index (Phi) is 11.0. The number of carbonyl (C=O) groups is 6. The summed E-state index contributed by atoms with van der Waals surface area (Å²) < 4.78 is 0. The van der Waals surface area contributed by atoms with E-state index in [-0.39, 0.29) is 6.54 Å². The zero-order valence-electron chi connectivity index (χ0n) is 17.6. The van der Waals surface area contributed by atoms with E-state index in [1.54, 1.807) is 0 Å². The van der Waals surface area contributed by atoms with Gasteiger partial charge in [0, 0.05) is 0 Å². The molecule has 0 aromatic rings. The van der Waals surface area contributed by atoms with E-state index in [1.165, 1.54) is 34.6 Å². The first-order chi connectivity index (χ1) is 13.8. The van der Waals surface area contributed by atoms with Crippen LogP contribution in [-0.4, -0.2) is 77.4 Å². The van der Waals surface area contributed by atoms with Crippen LogP contribution in [-0.2, 0) is 28.8 Å². The molecule has 13 nitrogen and oxygen atoms in total. The number of carbonyl (C=O) groups excluding carboxylic acids is 5. The quantitative estimate of drug-likeness (QED) is 0.175. The molecule has 5 atom stereocenters. The maximum Gasteiger partial charge on any atom is 0.325 e. The van der Waals surface area contributed by atoms with Gasteiger partial charge in [-0.3, -0.25) is 28.8 Å². The monoisotopic (exact) mass is 430 g/mol. The van der Waals surface area contributed by atoms with Crippen LogP contribution in [0.15, 0.2) is 0 Å². The Bertz CT molecular complexity index is 684. The van der Waals surface area contributed by atoms with Gasteiger partial charge in [0.25, 0.3) is 0 Å². The third-order valence-corrected chi connectivity index (χ3v) is 3.94. The molecule has 0 aliphatic carbocycles. The van der Waals surface area contributed by atoms with Gasteiger partial charge < -0.3 is 37.4 Å². The highest BCUT2D eigenvalue weighted by atomic mass is 16.4. The van der Waals surface area contributed by atoms with Crippen molar-refractivity contribution < 1.29 is 33.9 Å². The highest BCUT2D eigenvalue weighted by Gasteiger charge is 2.26. The molecule has 0 aliphatic rings. The van der Waals surface area contributed by atoms with Crippen LogP contribution in [0.4, 0.5) is 0 Å². The molecule has 0 saturated carbocycles. The van der Waals surface area contributed by atoms with Crippen LogP contribution >= 0.6 is 0 Å². The lowest BCUT2D eigenvalue weighted by Crippen LogP contribution is -2.56. The van der Waals surface area contributed by atoms with Crippen LogP contribution in [0.3, 0.4) is 0 Å². The first kappa shape index (κ1) is 26.8. The molecule has 8 N–H and O–H groups in total. The van der Waals surface area contributed by atoms with E-state index in [1.807, 2.05) is 0 Å². The van der Waals surface area contributed by atoms with Gasteiger partial charge in [-0.2, -0.15) is 0 Å². The van der Waals surface area contributed by atoms with Crippen molar-refractivity contribution in [2.24, 2.45) is 5.73 Å². The van der Waals surface area contributed by atoms with Crippen molar-refractivity contribution in [3.05, 3.63) is 0 Å². The van der Waals surface area contributed by atoms with E-state index < -0.39 is 65.7 Å². The van der Waals surface area contributed by atoms with Gasteiger partial charge in [0.1, 0.15) is 30.2 Å². The van der Waals surface area contributed by atoms with Crippen LogP contribution in [0.5, 0.6) is 0 Å². The van der Waals surface area contributed by atoms with Gasteiger partial charge in [-0.25, -0.2) is 0 Å². The summed E-state index contributed by atoms with van der Waals surface area (Å²) in [5.74, 6) is -4.43. The first-order valence-corrected chi connectivity index (χ1v) is 9.23. The molecule has 13 heteroatoms. The Hall–Kier alpha value is -3.22. The van der Waals surface area contributed by atoms with E-state index in [9.17, 15) is 28.8 Å². The molecule has 0 unspecified atom stereocenters. The van der Waals surface area contributed by atoms with Crippen molar-refractivity contribution >= 4 is 35.5 Å². The molecule has 0 bridgehead atoms. The molecule has 0 aromatic heterocycles. The fourth-order valence-electron chi connectivity index (χ4n) is 1.98. The van der Waals surface area contributed by atoms with Gasteiger partial charge in [0.05, 0.1) is 6.54 Å². The molecule has 0 spiro atoms. The first-order valence-electron chi connectivity index (χ1n) is 9.23. The predicted molar refractivity (Wildman–Crippen MR) is 105 cm³/mol. The van der Waals surface area contributed by atoms with Gasteiger partial charge in [-0.15, -0.1) is 0 Å². The largest absolute Gasteiger partial charge is 0.480 e. The van der Waals surface area contributed by atoms with Gasteiger partial charge in [0.15, 0.2) is 0 Å². The van der Waals surface area contributed by atoms with E-state index in [2.05, 4.69) is 26.6 Å². The number of amides is 5. The number of nitrogens with one attached hydrogen (secondary N) is 5. The lowest BCUT2D eigenvalue weighted by molar-refractivity contribution is -0.141. The number of rotatable bonds is 11. The standard InChI is InChI=1S/C17H30N6O7/c1-7(19-12(24)6-18)13(25)20-8(2)14(26)21-9(3)15(27)22-10(4)16(28)23-11(5)17(29)30/h7-11H,6,18H2,1-5H3,(H,19,24)(H,20,25)(H,21,26)(H,22,27)(H,23,28)(H,29,30)/t7-,8-,9-,10-,11-/m0/s1. The Morgan fingerprint density at radius 2 is 0.867 bits per heavy atom. The van der Waals surface area contributed by atoms with Crippen LogP contribution in [0, 0.1) is 0 Å². The van der Waals surface area contributed by atoms with E-state index in [0.717, 1.165) is 0 Å². The number of aliphatic carboxylic acids is 1. The Balaban J connectivity index is 4.60. The summed E-state index contributed by atoms with van der Waals surface area (Å²) in [4.78, 5) is 70.1. The highest BCUT2D eigenvalue weighted by molar-refractivity contribution is 5.95. The molecule has 0 radical (unpaired) electrons. The van der Waals surface area contributed by atoms with E-state index in [4.69, 9.17) is 10.8 Å². The maximum absolute atomic E-state index is 12.2. The highest BCUT2D eigenvalue weighted by Crippen LogP contribution is 1.93. The van der Waals surface area contributed by atoms with Crippen LogP contribution in [0.2, 0.25) is 0 Å². The summed E-state index contributed by atoms with van der Waals surface area (Å²) in [5, 5.41) is 20.4. The van der Waals surface area contributed by atoms with Crippen LogP contribution in [0.25, 0.3) is 0 Å². The van der Waals surface area contributed by atoms with Crippen molar-refractivity contribution in [3.63, 3.8) is 0 Å². The molecule has 0 heterocycles. The average Bonchev–Trinajstić information content (AvgIpc) is 2.66. The van der Waals surface area contributed by atoms with E-state index in [0.29, 0.717) is 0 Å². The van der Waals surface area contributed by atoms with Gasteiger partial charge in [0.2, 0.25) is 29.5 Å². The number of hydrogen-bond donors (Lipinski definition) is 7. The number of hydrogen-bond acceptors (Lipinski definition) is 7.